The van der Waals surface area contributed by atoms with Crippen LogP contribution in [0.5, 0.6) is 5.75 Å². The van der Waals surface area contributed by atoms with Gasteiger partial charge in [0.05, 0.1) is 16.6 Å². The quantitative estimate of drug-likeness (QED) is 0.485. The van der Waals surface area contributed by atoms with Gasteiger partial charge in [-0.15, -0.1) is 0 Å². The fourth-order valence-electron chi connectivity index (χ4n) is 1.10. The zero-order valence-corrected chi connectivity index (χ0v) is 8.88. The average molecular weight is 289 g/mol. The third-order valence-corrected chi connectivity index (χ3v) is 1.83. The Morgan fingerprint density at radius 3 is 2.11 bits per heavy atom. The van der Waals surface area contributed by atoms with Gasteiger partial charge in [-0.1, -0.05) is 0 Å². The normalized spacial score (nSPS) is 12.3. The fourth-order valence-corrected chi connectivity index (χ4v) is 1.10. The highest BCUT2D eigenvalue weighted by Crippen LogP contribution is 2.35. The summed E-state index contributed by atoms with van der Waals surface area (Å²) < 4.78 is 76.8. The van der Waals surface area contributed by atoms with Crippen molar-refractivity contribution in [3.05, 3.63) is 33.9 Å². The van der Waals surface area contributed by atoms with Crippen molar-refractivity contribution in [2.45, 2.75) is 12.4 Å². The highest BCUT2D eigenvalue weighted by Gasteiger charge is 2.34. The molecule has 0 aliphatic rings. The lowest BCUT2D eigenvalue weighted by Crippen LogP contribution is -2.19. The minimum Gasteiger partial charge on any atom is -0.484 e. The first kappa shape index (κ1) is 15.1. The molecule has 0 bridgehead atoms. The molecule has 1 rings (SSSR count). The van der Waals surface area contributed by atoms with E-state index in [0.717, 1.165) is 0 Å². The lowest BCUT2D eigenvalue weighted by Gasteiger charge is -2.11. The molecule has 0 aliphatic heterocycles. The number of halogens is 6. The standard InChI is InChI=1S/C9H5F6NO3/c10-8(11,12)4-19-7-2-5(9(13,14)15)1-6(3-7)16(17)18/h1-3H,4H2. The molecule has 0 saturated carbocycles. The van der Waals surface area contributed by atoms with Crippen LogP contribution in [0.1, 0.15) is 5.56 Å². The first-order chi connectivity index (χ1) is 8.49. The summed E-state index contributed by atoms with van der Waals surface area (Å²) in [7, 11) is 0. The number of nitro groups is 1. The Balaban J connectivity index is 3.11. The molecule has 106 valence electrons. The molecule has 0 radical (unpaired) electrons. The van der Waals surface area contributed by atoms with E-state index < -0.39 is 40.9 Å². The fraction of sp³-hybridized carbons (Fsp3) is 0.333. The molecule has 0 saturated heterocycles. The topological polar surface area (TPSA) is 52.4 Å². The van der Waals surface area contributed by atoms with Crippen molar-refractivity contribution < 1.29 is 36.0 Å². The number of rotatable bonds is 3. The number of hydrogen-bond donors (Lipinski definition) is 0. The van der Waals surface area contributed by atoms with Gasteiger partial charge in [-0.05, 0) is 6.07 Å². The number of nitro benzene ring substituents is 1. The Kier molecular flexibility index (Phi) is 3.91. The highest BCUT2D eigenvalue weighted by molar-refractivity contribution is 5.43. The summed E-state index contributed by atoms with van der Waals surface area (Å²) in [6, 6.07) is 0.959. The summed E-state index contributed by atoms with van der Waals surface area (Å²) in [4.78, 5) is 9.24. The maximum absolute atomic E-state index is 12.4. The molecule has 0 amide bonds. The van der Waals surface area contributed by atoms with Crippen LogP contribution >= 0.6 is 0 Å². The second-order valence-corrected chi connectivity index (χ2v) is 3.37. The van der Waals surface area contributed by atoms with Crippen LogP contribution in [0.3, 0.4) is 0 Å². The van der Waals surface area contributed by atoms with Crippen LogP contribution in [0.15, 0.2) is 18.2 Å². The number of hydrogen-bond acceptors (Lipinski definition) is 3. The Morgan fingerprint density at radius 1 is 1.11 bits per heavy atom. The summed E-state index contributed by atoms with van der Waals surface area (Å²) in [5.74, 6) is -0.876. The number of non-ortho nitro benzene ring substituents is 1. The lowest BCUT2D eigenvalue weighted by atomic mass is 10.2. The van der Waals surface area contributed by atoms with Gasteiger partial charge in [0.15, 0.2) is 6.61 Å². The van der Waals surface area contributed by atoms with Crippen molar-refractivity contribution in [3.8, 4) is 5.75 Å². The van der Waals surface area contributed by atoms with Crippen LogP contribution in [0.4, 0.5) is 32.0 Å². The molecular weight excluding hydrogens is 284 g/mol. The predicted octanol–water partition coefficient (Wildman–Crippen LogP) is 3.55. The molecule has 1 aromatic carbocycles. The molecule has 10 heteroatoms. The molecule has 1 aromatic rings. The summed E-state index contributed by atoms with van der Waals surface area (Å²) in [5.41, 5.74) is -2.47. The van der Waals surface area contributed by atoms with E-state index in [1.54, 1.807) is 0 Å². The molecular formula is C9H5F6NO3. The Bertz CT molecular complexity index is 482. The van der Waals surface area contributed by atoms with Gasteiger partial charge in [-0.2, -0.15) is 26.3 Å². The maximum atomic E-state index is 12.4. The summed E-state index contributed by atoms with van der Waals surface area (Å²) in [5, 5.41) is 10.4. The van der Waals surface area contributed by atoms with Crippen LogP contribution < -0.4 is 4.74 Å². The van der Waals surface area contributed by atoms with E-state index in [-0.39, 0.29) is 12.1 Å². The SMILES string of the molecule is O=[N+]([O-])c1cc(OCC(F)(F)F)cc(C(F)(F)F)c1. The van der Waals surface area contributed by atoms with Gasteiger partial charge in [0.25, 0.3) is 5.69 Å². The summed E-state index contributed by atoms with van der Waals surface area (Å²) >= 11 is 0. The zero-order valence-electron chi connectivity index (χ0n) is 8.88. The van der Waals surface area contributed by atoms with E-state index in [1.807, 2.05) is 0 Å². The second-order valence-electron chi connectivity index (χ2n) is 3.37. The minimum atomic E-state index is -4.93. The molecule has 0 heterocycles. The van der Waals surface area contributed by atoms with Gasteiger partial charge in [-0.3, -0.25) is 10.1 Å². The minimum absolute atomic E-state index is 0.209. The van der Waals surface area contributed by atoms with Crippen molar-refractivity contribution in [2.24, 2.45) is 0 Å². The molecule has 19 heavy (non-hydrogen) atoms. The van der Waals surface area contributed by atoms with Gasteiger partial charge >= 0.3 is 12.4 Å². The van der Waals surface area contributed by atoms with E-state index >= 15 is 0 Å². The lowest BCUT2D eigenvalue weighted by molar-refractivity contribution is -0.385. The third-order valence-electron chi connectivity index (χ3n) is 1.83. The highest BCUT2D eigenvalue weighted by atomic mass is 19.4. The maximum Gasteiger partial charge on any atom is 0.422 e. The Hall–Kier alpha value is -2.00. The predicted molar refractivity (Wildman–Crippen MR) is 49.6 cm³/mol. The van der Waals surface area contributed by atoms with Crippen LogP contribution in [-0.4, -0.2) is 17.7 Å². The third kappa shape index (κ3) is 4.64. The van der Waals surface area contributed by atoms with Gasteiger partial charge in [0, 0.05) is 6.07 Å². The van der Waals surface area contributed by atoms with Crippen LogP contribution in [0.25, 0.3) is 0 Å². The van der Waals surface area contributed by atoms with Gasteiger partial charge < -0.3 is 4.74 Å². The smallest absolute Gasteiger partial charge is 0.422 e. The molecule has 0 aliphatic carbocycles. The molecule has 0 N–H and O–H groups in total. The van der Waals surface area contributed by atoms with Crippen molar-refractivity contribution in [3.63, 3.8) is 0 Å². The average Bonchev–Trinajstić information content (AvgIpc) is 2.23. The molecule has 0 unspecified atom stereocenters. The summed E-state index contributed by atoms with van der Waals surface area (Å²) in [6.45, 7) is -1.84. The van der Waals surface area contributed by atoms with E-state index in [0.29, 0.717) is 6.07 Å². The van der Waals surface area contributed by atoms with E-state index in [1.165, 1.54) is 0 Å². The Labute approximate surface area is 101 Å². The summed E-state index contributed by atoms with van der Waals surface area (Å²) in [6.07, 6.45) is -9.69. The van der Waals surface area contributed by atoms with Crippen molar-refractivity contribution >= 4 is 5.69 Å². The molecule has 4 nitrogen and oxygen atoms in total. The van der Waals surface area contributed by atoms with Crippen molar-refractivity contribution in [1.82, 2.24) is 0 Å². The largest absolute Gasteiger partial charge is 0.484 e. The first-order valence-corrected chi connectivity index (χ1v) is 4.55. The second kappa shape index (κ2) is 4.94. The number of alkyl halides is 6. The van der Waals surface area contributed by atoms with Crippen LogP contribution in [0.2, 0.25) is 0 Å². The molecule has 0 aromatic heterocycles. The monoisotopic (exact) mass is 289 g/mol. The van der Waals surface area contributed by atoms with Gasteiger partial charge in [0.2, 0.25) is 0 Å². The number of nitrogens with zero attached hydrogens (tertiary/aromatic N) is 1. The molecule has 0 atom stereocenters. The van der Waals surface area contributed by atoms with E-state index in [9.17, 15) is 36.5 Å². The molecule has 0 fully saturated rings. The Morgan fingerprint density at radius 2 is 1.68 bits per heavy atom. The number of ether oxygens (including phenoxy) is 1. The number of benzene rings is 1. The zero-order chi connectivity index (χ0) is 14.8. The van der Waals surface area contributed by atoms with E-state index in [2.05, 4.69) is 4.74 Å². The molecule has 0 spiro atoms. The van der Waals surface area contributed by atoms with E-state index in [4.69, 9.17) is 0 Å². The van der Waals surface area contributed by atoms with Gasteiger partial charge in [0.1, 0.15) is 5.75 Å². The van der Waals surface area contributed by atoms with Gasteiger partial charge in [-0.25, -0.2) is 0 Å². The van der Waals surface area contributed by atoms with Crippen molar-refractivity contribution in [1.29, 1.82) is 0 Å². The van der Waals surface area contributed by atoms with Crippen LogP contribution in [-0.2, 0) is 6.18 Å². The first-order valence-electron chi connectivity index (χ1n) is 4.55. The van der Waals surface area contributed by atoms with Crippen LogP contribution in [0, 0.1) is 10.1 Å². The van der Waals surface area contributed by atoms with Crippen molar-refractivity contribution in [2.75, 3.05) is 6.61 Å².